The Morgan fingerprint density at radius 2 is 0.717 bits per heavy atom. The topological polar surface area (TPSA) is 3.24 Å². The van der Waals surface area contributed by atoms with E-state index in [0.29, 0.717) is 0 Å². The van der Waals surface area contributed by atoms with Crippen LogP contribution in [0.4, 0.5) is 17.1 Å². The summed E-state index contributed by atoms with van der Waals surface area (Å²) in [4.78, 5) is 2.41. The van der Waals surface area contributed by atoms with Crippen molar-refractivity contribution >= 4 is 27.8 Å². The molecule has 0 fully saturated rings. The molecular formula is C59H41N. The Labute approximate surface area is 352 Å². The molecule has 0 bridgehead atoms. The highest BCUT2D eigenvalue weighted by atomic mass is 15.1. The smallest absolute Gasteiger partial charge is 0.0719 e. The number of anilines is 3. The summed E-state index contributed by atoms with van der Waals surface area (Å²) in [7, 11) is 0. The molecule has 1 aliphatic carbocycles. The molecule has 1 heteroatoms. The second kappa shape index (κ2) is 14.9. The first-order valence-corrected chi connectivity index (χ1v) is 20.8. The molecule has 1 nitrogen and oxygen atoms in total. The van der Waals surface area contributed by atoms with E-state index in [2.05, 4.69) is 254 Å². The van der Waals surface area contributed by atoms with Crippen LogP contribution in [0.3, 0.4) is 0 Å². The summed E-state index contributed by atoms with van der Waals surface area (Å²) in [6.45, 7) is 0. The van der Waals surface area contributed by atoms with Crippen molar-refractivity contribution in [2.45, 2.75) is 5.41 Å². The van der Waals surface area contributed by atoms with E-state index in [1.165, 1.54) is 77.5 Å². The number of nitrogens with zero attached hydrogens (tertiary/aromatic N) is 1. The molecule has 10 aromatic rings. The van der Waals surface area contributed by atoms with Crippen molar-refractivity contribution in [1.82, 2.24) is 0 Å². The maximum atomic E-state index is 2.45. The standard InChI is InChI=1S/C59H41N/c1-6-18-42(19-7-1)44-30-35-50(36-31-44)60(51-37-32-45(33-38-51)43-20-8-2-9-21-43)52-39-34-47-40-54(46-22-10-3-11-23-46)57-53-28-16-17-29-56(53)59(58(57)55(47)41-52,48-24-12-4-13-25-48)49-26-14-5-15-27-49/h1-41H. The van der Waals surface area contributed by atoms with E-state index >= 15 is 0 Å². The molecule has 10 aromatic carbocycles. The molecule has 0 aromatic heterocycles. The lowest BCUT2D eigenvalue weighted by molar-refractivity contribution is 0.775. The lowest BCUT2D eigenvalue weighted by atomic mass is 9.66. The summed E-state index contributed by atoms with van der Waals surface area (Å²) in [5, 5.41) is 2.44. The van der Waals surface area contributed by atoms with Crippen molar-refractivity contribution in [2.75, 3.05) is 4.90 Å². The van der Waals surface area contributed by atoms with Crippen molar-refractivity contribution in [3.8, 4) is 44.5 Å². The average molecular weight is 764 g/mol. The molecule has 0 atom stereocenters. The summed E-state index contributed by atoms with van der Waals surface area (Å²) in [6.07, 6.45) is 0. The maximum Gasteiger partial charge on any atom is 0.0719 e. The normalized spacial score (nSPS) is 12.5. The van der Waals surface area contributed by atoms with Gasteiger partial charge in [0.05, 0.1) is 5.41 Å². The SMILES string of the molecule is c1ccc(-c2ccc(N(c3ccc(-c4ccccc4)cc3)c3ccc4cc(-c5ccccc5)c5c(c4c3)C(c3ccccc3)(c3ccccc3)c3ccccc3-5)cc2)cc1. The minimum atomic E-state index is -0.574. The summed E-state index contributed by atoms with van der Waals surface area (Å²) < 4.78 is 0. The number of fused-ring (bicyclic) bond motifs is 5. The number of hydrogen-bond donors (Lipinski definition) is 0. The third-order valence-corrected chi connectivity index (χ3v) is 12.3. The predicted octanol–water partition coefficient (Wildman–Crippen LogP) is 15.7. The van der Waals surface area contributed by atoms with Gasteiger partial charge >= 0.3 is 0 Å². The molecule has 282 valence electrons. The fourth-order valence-electron chi connectivity index (χ4n) is 9.66. The predicted molar refractivity (Wildman–Crippen MR) is 252 cm³/mol. The molecule has 1 aliphatic rings. The van der Waals surface area contributed by atoms with E-state index in [4.69, 9.17) is 0 Å². The monoisotopic (exact) mass is 763 g/mol. The zero-order chi connectivity index (χ0) is 39.9. The molecule has 0 saturated carbocycles. The number of hydrogen-bond acceptors (Lipinski definition) is 1. The van der Waals surface area contributed by atoms with E-state index in [1.54, 1.807) is 0 Å². The van der Waals surface area contributed by atoms with Crippen molar-refractivity contribution in [3.05, 3.63) is 271 Å². The van der Waals surface area contributed by atoms with Gasteiger partial charge in [-0.05, 0) is 120 Å². The van der Waals surface area contributed by atoms with Gasteiger partial charge in [-0.2, -0.15) is 0 Å². The van der Waals surface area contributed by atoms with E-state index in [1.807, 2.05) is 0 Å². The van der Waals surface area contributed by atoms with Crippen LogP contribution in [-0.2, 0) is 5.41 Å². The van der Waals surface area contributed by atoms with Crippen LogP contribution in [0.1, 0.15) is 22.3 Å². The second-order valence-corrected chi connectivity index (χ2v) is 15.6. The van der Waals surface area contributed by atoms with Crippen LogP contribution in [-0.4, -0.2) is 0 Å². The maximum absolute atomic E-state index is 2.45. The third-order valence-electron chi connectivity index (χ3n) is 12.3. The quantitative estimate of drug-likeness (QED) is 0.149. The Bertz CT molecular complexity index is 2960. The minimum absolute atomic E-state index is 0.574. The van der Waals surface area contributed by atoms with Crippen LogP contribution in [0.15, 0.2) is 249 Å². The molecule has 60 heavy (non-hydrogen) atoms. The van der Waals surface area contributed by atoms with Gasteiger partial charge in [0.15, 0.2) is 0 Å². The zero-order valence-corrected chi connectivity index (χ0v) is 33.1. The minimum Gasteiger partial charge on any atom is -0.310 e. The average Bonchev–Trinajstić information content (AvgIpc) is 3.65. The van der Waals surface area contributed by atoms with Gasteiger partial charge in [-0.15, -0.1) is 0 Å². The lowest BCUT2D eigenvalue weighted by Crippen LogP contribution is -2.28. The molecular weight excluding hydrogens is 723 g/mol. The molecule has 11 rings (SSSR count). The van der Waals surface area contributed by atoms with Gasteiger partial charge in [-0.25, -0.2) is 0 Å². The van der Waals surface area contributed by atoms with Gasteiger partial charge in [0.25, 0.3) is 0 Å². The molecule has 0 spiro atoms. The van der Waals surface area contributed by atoms with Crippen LogP contribution < -0.4 is 4.90 Å². The van der Waals surface area contributed by atoms with E-state index in [9.17, 15) is 0 Å². The van der Waals surface area contributed by atoms with Gasteiger partial charge < -0.3 is 4.90 Å². The number of rotatable bonds is 8. The Hall–Kier alpha value is -7.74. The first kappa shape index (κ1) is 35.4. The van der Waals surface area contributed by atoms with Crippen LogP contribution >= 0.6 is 0 Å². The fraction of sp³-hybridized carbons (Fsp3) is 0.0169. The van der Waals surface area contributed by atoms with Crippen LogP contribution in [0.2, 0.25) is 0 Å². The highest BCUT2D eigenvalue weighted by Crippen LogP contribution is 2.60. The van der Waals surface area contributed by atoms with Crippen molar-refractivity contribution in [3.63, 3.8) is 0 Å². The molecule has 0 N–H and O–H groups in total. The largest absolute Gasteiger partial charge is 0.310 e. The summed E-state index contributed by atoms with van der Waals surface area (Å²) in [6, 6.07) is 91.1. The van der Waals surface area contributed by atoms with Gasteiger partial charge in [0.1, 0.15) is 0 Å². The molecule has 0 unspecified atom stereocenters. The first-order valence-electron chi connectivity index (χ1n) is 20.8. The van der Waals surface area contributed by atoms with E-state index in [0.717, 1.165) is 17.1 Å². The third kappa shape index (κ3) is 5.86. The van der Waals surface area contributed by atoms with Crippen LogP contribution in [0.25, 0.3) is 55.3 Å². The Morgan fingerprint density at radius 1 is 0.300 bits per heavy atom. The molecule has 0 amide bonds. The Kier molecular flexibility index (Phi) is 8.79. The zero-order valence-electron chi connectivity index (χ0n) is 33.1. The highest BCUT2D eigenvalue weighted by Gasteiger charge is 2.48. The molecule has 0 saturated heterocycles. The van der Waals surface area contributed by atoms with E-state index in [-0.39, 0.29) is 0 Å². The van der Waals surface area contributed by atoms with Gasteiger partial charge in [-0.1, -0.05) is 206 Å². The van der Waals surface area contributed by atoms with Gasteiger partial charge in [0, 0.05) is 17.1 Å². The summed E-state index contributed by atoms with van der Waals surface area (Å²) >= 11 is 0. The lowest BCUT2D eigenvalue weighted by Gasteiger charge is -2.35. The van der Waals surface area contributed by atoms with Gasteiger partial charge in [-0.3, -0.25) is 0 Å². The van der Waals surface area contributed by atoms with Gasteiger partial charge in [0.2, 0.25) is 0 Å². The van der Waals surface area contributed by atoms with E-state index < -0.39 is 5.41 Å². The van der Waals surface area contributed by atoms with Crippen LogP contribution in [0.5, 0.6) is 0 Å². The summed E-state index contributed by atoms with van der Waals surface area (Å²) in [5.74, 6) is 0. The molecule has 0 heterocycles. The number of benzene rings is 10. The Balaban J connectivity index is 1.20. The first-order chi connectivity index (χ1) is 29.8. The van der Waals surface area contributed by atoms with Crippen molar-refractivity contribution in [1.29, 1.82) is 0 Å². The fourth-order valence-corrected chi connectivity index (χ4v) is 9.66. The Morgan fingerprint density at radius 3 is 1.23 bits per heavy atom. The molecule has 0 aliphatic heterocycles. The summed E-state index contributed by atoms with van der Waals surface area (Å²) in [5.41, 5.74) is 17.7. The van der Waals surface area contributed by atoms with Crippen LogP contribution in [0, 0.1) is 0 Å². The van der Waals surface area contributed by atoms with Crippen molar-refractivity contribution < 1.29 is 0 Å². The second-order valence-electron chi connectivity index (χ2n) is 15.6. The molecule has 0 radical (unpaired) electrons. The van der Waals surface area contributed by atoms with Crippen molar-refractivity contribution in [2.24, 2.45) is 0 Å². The highest BCUT2D eigenvalue weighted by molar-refractivity contribution is 6.08.